The Hall–Kier alpha value is -1.64. The molecule has 0 atom stereocenters. The molecule has 0 amide bonds. The highest BCUT2D eigenvalue weighted by Gasteiger charge is 2.11. The Morgan fingerprint density at radius 3 is 2.62 bits per heavy atom. The van der Waals surface area contributed by atoms with E-state index in [4.69, 9.17) is 0 Å². The smallest absolute Gasteiger partial charge is 0.166 e. The summed E-state index contributed by atoms with van der Waals surface area (Å²) in [5.74, 6) is -1.60. The zero-order valence-electron chi connectivity index (χ0n) is 8.93. The standard InChI is InChI=1S/C13H12F2O/c1-2-3-8-6-10(16)7-9-4-5-11(14)13(15)12(8)9/h4-7,16H,2-3H2,1H3. The molecule has 0 aliphatic rings. The quantitative estimate of drug-likeness (QED) is 0.819. The highest BCUT2D eigenvalue weighted by atomic mass is 19.2. The van der Waals surface area contributed by atoms with E-state index in [-0.39, 0.29) is 11.1 Å². The van der Waals surface area contributed by atoms with E-state index < -0.39 is 11.6 Å². The maximum atomic E-state index is 13.7. The molecule has 0 radical (unpaired) electrons. The van der Waals surface area contributed by atoms with Gasteiger partial charge in [0.1, 0.15) is 5.75 Å². The first kappa shape index (κ1) is 10.9. The first-order valence-electron chi connectivity index (χ1n) is 5.23. The van der Waals surface area contributed by atoms with Crippen LogP contribution in [0.25, 0.3) is 10.8 Å². The molecule has 1 N–H and O–H groups in total. The zero-order chi connectivity index (χ0) is 11.7. The van der Waals surface area contributed by atoms with Crippen LogP contribution in [0.4, 0.5) is 8.78 Å². The Morgan fingerprint density at radius 2 is 1.94 bits per heavy atom. The molecular formula is C13H12F2O. The van der Waals surface area contributed by atoms with Gasteiger partial charge in [-0.1, -0.05) is 19.4 Å². The summed E-state index contributed by atoms with van der Waals surface area (Å²) < 4.78 is 26.8. The molecule has 2 aromatic carbocycles. The van der Waals surface area contributed by atoms with Gasteiger partial charge in [0.2, 0.25) is 0 Å². The lowest BCUT2D eigenvalue weighted by atomic mass is 10.00. The van der Waals surface area contributed by atoms with Gasteiger partial charge >= 0.3 is 0 Å². The molecule has 0 fully saturated rings. The minimum Gasteiger partial charge on any atom is -0.508 e. The fourth-order valence-electron chi connectivity index (χ4n) is 1.93. The number of hydrogen-bond acceptors (Lipinski definition) is 1. The van der Waals surface area contributed by atoms with Crippen molar-refractivity contribution in [2.45, 2.75) is 19.8 Å². The summed E-state index contributed by atoms with van der Waals surface area (Å²) in [7, 11) is 0. The summed E-state index contributed by atoms with van der Waals surface area (Å²) in [4.78, 5) is 0. The third-order valence-corrected chi connectivity index (χ3v) is 2.59. The van der Waals surface area contributed by atoms with Crippen LogP contribution < -0.4 is 0 Å². The third kappa shape index (κ3) is 1.73. The number of benzene rings is 2. The molecular weight excluding hydrogens is 210 g/mol. The lowest BCUT2D eigenvalue weighted by Crippen LogP contribution is -1.92. The van der Waals surface area contributed by atoms with E-state index in [9.17, 15) is 13.9 Å². The molecule has 0 aliphatic carbocycles. The van der Waals surface area contributed by atoms with Gasteiger partial charge in [0.05, 0.1) is 0 Å². The molecule has 0 heterocycles. The van der Waals surface area contributed by atoms with Gasteiger partial charge in [-0.25, -0.2) is 8.78 Å². The average Bonchev–Trinajstić information content (AvgIpc) is 2.23. The van der Waals surface area contributed by atoms with E-state index in [0.29, 0.717) is 17.4 Å². The van der Waals surface area contributed by atoms with Gasteiger partial charge in [-0.15, -0.1) is 0 Å². The van der Waals surface area contributed by atoms with Crippen LogP contribution in [0.5, 0.6) is 5.75 Å². The largest absolute Gasteiger partial charge is 0.508 e. The Balaban J connectivity index is 2.80. The van der Waals surface area contributed by atoms with Gasteiger partial charge in [-0.2, -0.15) is 0 Å². The number of phenolic OH excluding ortho intramolecular Hbond substituents is 1. The SMILES string of the molecule is CCCc1cc(O)cc2ccc(F)c(F)c12. The average molecular weight is 222 g/mol. The van der Waals surface area contributed by atoms with Gasteiger partial charge in [-0.05, 0) is 35.6 Å². The summed E-state index contributed by atoms with van der Waals surface area (Å²) in [6.45, 7) is 1.95. The van der Waals surface area contributed by atoms with Crippen molar-refractivity contribution in [1.29, 1.82) is 0 Å². The lowest BCUT2D eigenvalue weighted by Gasteiger charge is -2.08. The Morgan fingerprint density at radius 1 is 1.19 bits per heavy atom. The highest BCUT2D eigenvalue weighted by Crippen LogP contribution is 2.29. The number of halogens is 2. The van der Waals surface area contributed by atoms with Gasteiger partial charge in [0.25, 0.3) is 0 Å². The number of rotatable bonds is 2. The second-order valence-electron chi connectivity index (χ2n) is 3.81. The number of phenols is 1. The molecule has 0 aliphatic heterocycles. The van der Waals surface area contributed by atoms with Crippen LogP contribution in [-0.2, 0) is 6.42 Å². The second kappa shape index (κ2) is 4.08. The normalized spacial score (nSPS) is 10.9. The van der Waals surface area contributed by atoms with Crippen LogP contribution in [0.1, 0.15) is 18.9 Å². The fourth-order valence-corrected chi connectivity index (χ4v) is 1.93. The molecule has 0 saturated carbocycles. The first-order valence-corrected chi connectivity index (χ1v) is 5.23. The zero-order valence-corrected chi connectivity index (χ0v) is 8.93. The Bertz CT molecular complexity index is 535. The van der Waals surface area contributed by atoms with Crippen LogP contribution in [0.15, 0.2) is 24.3 Å². The molecule has 2 aromatic rings. The van der Waals surface area contributed by atoms with Crippen molar-refractivity contribution in [3.8, 4) is 5.75 Å². The van der Waals surface area contributed by atoms with E-state index in [0.717, 1.165) is 12.5 Å². The Labute approximate surface area is 92.3 Å². The van der Waals surface area contributed by atoms with Crippen molar-refractivity contribution in [2.24, 2.45) is 0 Å². The number of aromatic hydroxyl groups is 1. The molecule has 3 heteroatoms. The van der Waals surface area contributed by atoms with Crippen molar-refractivity contribution in [2.75, 3.05) is 0 Å². The van der Waals surface area contributed by atoms with Crippen molar-refractivity contribution >= 4 is 10.8 Å². The minimum absolute atomic E-state index is 0.0851. The van der Waals surface area contributed by atoms with Crippen molar-refractivity contribution in [1.82, 2.24) is 0 Å². The molecule has 0 spiro atoms. The van der Waals surface area contributed by atoms with Crippen LogP contribution in [0.3, 0.4) is 0 Å². The topological polar surface area (TPSA) is 20.2 Å². The summed E-state index contributed by atoms with van der Waals surface area (Å²) >= 11 is 0. The van der Waals surface area contributed by atoms with Gasteiger partial charge in [0, 0.05) is 5.39 Å². The summed E-state index contributed by atoms with van der Waals surface area (Å²) in [6, 6.07) is 5.49. The molecule has 0 aromatic heterocycles. The lowest BCUT2D eigenvalue weighted by molar-refractivity contribution is 0.475. The van der Waals surface area contributed by atoms with E-state index in [1.807, 2.05) is 6.92 Å². The summed E-state index contributed by atoms with van der Waals surface area (Å²) in [5, 5.41) is 10.3. The maximum Gasteiger partial charge on any atom is 0.166 e. The number of aryl methyl sites for hydroxylation is 1. The van der Waals surface area contributed by atoms with Gasteiger partial charge < -0.3 is 5.11 Å². The minimum atomic E-state index is -0.851. The van der Waals surface area contributed by atoms with Gasteiger partial charge in [0.15, 0.2) is 11.6 Å². The first-order chi connectivity index (χ1) is 7.63. The van der Waals surface area contributed by atoms with E-state index >= 15 is 0 Å². The molecule has 16 heavy (non-hydrogen) atoms. The molecule has 0 unspecified atom stereocenters. The number of fused-ring (bicyclic) bond motifs is 1. The summed E-state index contributed by atoms with van der Waals surface area (Å²) in [6.07, 6.45) is 1.43. The number of hydrogen-bond donors (Lipinski definition) is 1. The van der Waals surface area contributed by atoms with E-state index in [2.05, 4.69) is 0 Å². The summed E-state index contributed by atoms with van der Waals surface area (Å²) in [5.41, 5.74) is 0.648. The Kier molecular flexibility index (Phi) is 2.77. The van der Waals surface area contributed by atoms with Crippen molar-refractivity contribution in [3.05, 3.63) is 41.5 Å². The van der Waals surface area contributed by atoms with Crippen molar-refractivity contribution < 1.29 is 13.9 Å². The molecule has 2 rings (SSSR count). The third-order valence-electron chi connectivity index (χ3n) is 2.59. The van der Waals surface area contributed by atoms with E-state index in [1.165, 1.54) is 18.2 Å². The van der Waals surface area contributed by atoms with E-state index in [1.54, 1.807) is 0 Å². The van der Waals surface area contributed by atoms with Crippen LogP contribution in [-0.4, -0.2) is 5.11 Å². The monoisotopic (exact) mass is 222 g/mol. The molecule has 84 valence electrons. The van der Waals surface area contributed by atoms with Crippen LogP contribution in [0.2, 0.25) is 0 Å². The molecule has 0 saturated heterocycles. The maximum absolute atomic E-state index is 13.7. The fraction of sp³-hybridized carbons (Fsp3) is 0.231. The molecule has 1 nitrogen and oxygen atoms in total. The van der Waals surface area contributed by atoms with Crippen molar-refractivity contribution in [3.63, 3.8) is 0 Å². The predicted octanol–water partition coefficient (Wildman–Crippen LogP) is 3.78. The van der Waals surface area contributed by atoms with Crippen LogP contribution >= 0.6 is 0 Å². The predicted molar refractivity (Wildman–Crippen MR) is 59.5 cm³/mol. The van der Waals surface area contributed by atoms with Gasteiger partial charge in [-0.3, -0.25) is 0 Å². The molecule has 0 bridgehead atoms. The highest BCUT2D eigenvalue weighted by molar-refractivity contribution is 5.87. The second-order valence-corrected chi connectivity index (χ2v) is 3.81. The van der Waals surface area contributed by atoms with Crippen LogP contribution in [0, 0.1) is 11.6 Å².